The summed E-state index contributed by atoms with van der Waals surface area (Å²) in [5.41, 5.74) is 1.48. The molecule has 0 aliphatic carbocycles. The fourth-order valence-corrected chi connectivity index (χ4v) is 5.81. The number of aliphatic hydroxyl groups is 1. The van der Waals surface area contributed by atoms with Gasteiger partial charge in [0.15, 0.2) is 9.84 Å². The third kappa shape index (κ3) is 5.98. The van der Waals surface area contributed by atoms with Crippen LogP contribution in [0.2, 0.25) is 0 Å². The maximum atomic E-state index is 13.0. The smallest absolute Gasteiger partial charge is 0.253 e. The second-order valence-corrected chi connectivity index (χ2v) is 12.1. The third-order valence-corrected chi connectivity index (χ3v) is 8.40. The van der Waals surface area contributed by atoms with Crippen molar-refractivity contribution in [3.8, 4) is 5.75 Å². The lowest BCUT2D eigenvalue weighted by Gasteiger charge is -2.38. The number of carbonyl (C=O) groups excluding carboxylic acids is 1. The number of benzene rings is 2. The van der Waals surface area contributed by atoms with Crippen molar-refractivity contribution in [1.82, 2.24) is 15.2 Å². The number of aliphatic hydroxyl groups excluding tert-OH is 1. The molecule has 3 aromatic rings. The Hall–Kier alpha value is -2.92. The van der Waals surface area contributed by atoms with Gasteiger partial charge in [-0.3, -0.25) is 4.79 Å². The van der Waals surface area contributed by atoms with Gasteiger partial charge >= 0.3 is 0 Å². The number of hydrogen-bond acceptors (Lipinski definition) is 7. The van der Waals surface area contributed by atoms with E-state index < -0.39 is 15.9 Å². The van der Waals surface area contributed by atoms with E-state index in [-0.39, 0.29) is 29.1 Å². The van der Waals surface area contributed by atoms with Crippen LogP contribution in [0.1, 0.15) is 29.6 Å². The Bertz CT molecular complexity index is 1360. The molecular formula is C27H33N3O6S. The molecule has 37 heavy (non-hydrogen) atoms. The molecule has 2 saturated heterocycles. The first-order valence-corrected chi connectivity index (χ1v) is 14.4. The summed E-state index contributed by atoms with van der Waals surface area (Å²) < 4.78 is 35.2. The van der Waals surface area contributed by atoms with Crippen molar-refractivity contribution in [1.29, 1.82) is 0 Å². The number of nitrogens with zero attached hydrogens (tertiary/aromatic N) is 1. The minimum atomic E-state index is -3.32. The number of aromatic nitrogens is 1. The summed E-state index contributed by atoms with van der Waals surface area (Å²) in [6, 6.07) is 14.1. The SMILES string of the molecule is CS(=O)(=O)c1cccc(OCC(O)CNC2COC3(CCN(C(=O)c4ccc5[nH]ccc5c4)CC3)C2)c1. The van der Waals surface area contributed by atoms with Crippen LogP contribution in [-0.2, 0) is 14.6 Å². The zero-order valence-corrected chi connectivity index (χ0v) is 21.7. The van der Waals surface area contributed by atoms with Gasteiger partial charge in [0.1, 0.15) is 18.5 Å². The lowest BCUT2D eigenvalue weighted by molar-refractivity contribution is -0.0389. The van der Waals surface area contributed by atoms with E-state index in [1.165, 1.54) is 12.1 Å². The van der Waals surface area contributed by atoms with Gasteiger partial charge in [0.2, 0.25) is 0 Å². The monoisotopic (exact) mass is 527 g/mol. The van der Waals surface area contributed by atoms with Gasteiger partial charge in [-0.25, -0.2) is 8.42 Å². The third-order valence-electron chi connectivity index (χ3n) is 7.29. The molecule has 0 saturated carbocycles. The molecular weight excluding hydrogens is 494 g/mol. The number of nitrogens with one attached hydrogen (secondary N) is 2. The number of carbonyl (C=O) groups is 1. The zero-order valence-electron chi connectivity index (χ0n) is 20.9. The average molecular weight is 528 g/mol. The first-order chi connectivity index (χ1) is 17.7. The molecule has 2 atom stereocenters. The molecule has 9 nitrogen and oxygen atoms in total. The van der Waals surface area contributed by atoms with Crippen LogP contribution < -0.4 is 10.1 Å². The lowest BCUT2D eigenvalue weighted by Crippen LogP contribution is -2.47. The number of likely N-dealkylation sites (tertiary alicyclic amines) is 1. The van der Waals surface area contributed by atoms with Crippen molar-refractivity contribution in [2.75, 3.05) is 39.1 Å². The van der Waals surface area contributed by atoms with Gasteiger partial charge < -0.3 is 29.8 Å². The van der Waals surface area contributed by atoms with Gasteiger partial charge in [-0.15, -0.1) is 0 Å². The van der Waals surface area contributed by atoms with Crippen LogP contribution in [0.4, 0.5) is 0 Å². The Morgan fingerprint density at radius 2 is 2.05 bits per heavy atom. The molecule has 0 bridgehead atoms. The molecule has 3 N–H and O–H groups in total. The molecule has 2 aliphatic heterocycles. The first kappa shape index (κ1) is 25.7. The van der Waals surface area contributed by atoms with Gasteiger partial charge in [-0.05, 0) is 61.7 Å². The highest BCUT2D eigenvalue weighted by atomic mass is 32.2. The summed E-state index contributed by atoms with van der Waals surface area (Å²) in [6.07, 6.45) is 4.66. The summed E-state index contributed by atoms with van der Waals surface area (Å²) >= 11 is 0. The van der Waals surface area contributed by atoms with E-state index in [4.69, 9.17) is 9.47 Å². The van der Waals surface area contributed by atoms with Gasteiger partial charge in [0.05, 0.1) is 17.1 Å². The van der Waals surface area contributed by atoms with Crippen LogP contribution in [0.5, 0.6) is 5.75 Å². The summed E-state index contributed by atoms with van der Waals surface area (Å²) in [7, 11) is -3.32. The number of fused-ring (bicyclic) bond motifs is 1. The quantitative estimate of drug-likeness (QED) is 0.411. The number of H-pyrrole nitrogens is 1. The normalized spacial score (nSPS) is 20.4. The molecule has 1 spiro atoms. The zero-order chi connectivity index (χ0) is 26.0. The highest BCUT2D eigenvalue weighted by Crippen LogP contribution is 2.36. The van der Waals surface area contributed by atoms with E-state index in [1.807, 2.05) is 35.4 Å². The number of aromatic amines is 1. The highest BCUT2D eigenvalue weighted by molar-refractivity contribution is 7.90. The van der Waals surface area contributed by atoms with Crippen LogP contribution in [0, 0.1) is 0 Å². The first-order valence-electron chi connectivity index (χ1n) is 12.6. The lowest BCUT2D eigenvalue weighted by atomic mass is 9.87. The van der Waals surface area contributed by atoms with Crippen molar-refractivity contribution in [2.45, 2.75) is 41.9 Å². The number of rotatable bonds is 8. The van der Waals surface area contributed by atoms with Crippen molar-refractivity contribution in [3.63, 3.8) is 0 Å². The van der Waals surface area contributed by atoms with Crippen LogP contribution >= 0.6 is 0 Å². The summed E-state index contributed by atoms with van der Waals surface area (Å²) in [5.74, 6) is 0.454. The molecule has 5 rings (SSSR count). The molecule has 198 valence electrons. The Labute approximate surface area is 216 Å². The molecule has 2 fully saturated rings. The summed E-state index contributed by atoms with van der Waals surface area (Å²) in [5, 5.41) is 14.8. The predicted octanol–water partition coefficient (Wildman–Crippen LogP) is 2.36. The maximum absolute atomic E-state index is 13.0. The topological polar surface area (TPSA) is 121 Å². The van der Waals surface area contributed by atoms with Gasteiger partial charge in [-0.1, -0.05) is 6.07 Å². The molecule has 2 aromatic carbocycles. The summed E-state index contributed by atoms with van der Waals surface area (Å²) in [4.78, 5) is 18.3. The highest BCUT2D eigenvalue weighted by Gasteiger charge is 2.43. The van der Waals surface area contributed by atoms with E-state index in [1.54, 1.807) is 12.1 Å². The minimum absolute atomic E-state index is 0.0462. The van der Waals surface area contributed by atoms with Crippen LogP contribution in [-0.4, -0.2) is 86.2 Å². The van der Waals surface area contributed by atoms with Gasteiger partial charge in [0, 0.05) is 54.6 Å². The molecule has 1 aromatic heterocycles. The number of sulfone groups is 1. The Morgan fingerprint density at radius 3 is 2.84 bits per heavy atom. The number of amides is 1. The van der Waals surface area contributed by atoms with Crippen LogP contribution in [0.3, 0.4) is 0 Å². The fraction of sp³-hybridized carbons (Fsp3) is 0.444. The number of hydrogen-bond donors (Lipinski definition) is 3. The molecule has 1 amide bonds. The molecule has 0 radical (unpaired) electrons. The number of ether oxygens (including phenoxy) is 2. The second kappa shape index (κ2) is 10.4. The maximum Gasteiger partial charge on any atom is 0.253 e. The van der Waals surface area contributed by atoms with Crippen LogP contribution in [0.15, 0.2) is 59.6 Å². The predicted molar refractivity (Wildman–Crippen MR) is 140 cm³/mol. The van der Waals surface area contributed by atoms with Crippen molar-refractivity contribution in [2.24, 2.45) is 0 Å². The van der Waals surface area contributed by atoms with E-state index in [2.05, 4.69) is 10.3 Å². The minimum Gasteiger partial charge on any atom is -0.491 e. The largest absolute Gasteiger partial charge is 0.491 e. The van der Waals surface area contributed by atoms with E-state index >= 15 is 0 Å². The second-order valence-electron chi connectivity index (χ2n) is 10.1. The standard InChI is InChI=1S/C27H33N3O6S/c1-37(33,34)24-4-2-3-23(14-24)35-18-22(31)16-29-21-15-27(36-17-21)8-11-30(12-9-27)26(32)20-5-6-25-19(13-20)7-10-28-25/h2-7,10,13-14,21-22,28-29,31H,8-9,11-12,15-18H2,1H3. The average Bonchev–Trinajstić information content (AvgIpc) is 3.52. The van der Waals surface area contributed by atoms with Crippen molar-refractivity contribution in [3.05, 3.63) is 60.3 Å². The van der Waals surface area contributed by atoms with E-state index in [9.17, 15) is 18.3 Å². The Balaban J connectivity index is 1.06. The van der Waals surface area contributed by atoms with Gasteiger partial charge in [0.25, 0.3) is 5.91 Å². The Kier molecular flexibility index (Phi) is 7.26. The molecule has 3 heterocycles. The van der Waals surface area contributed by atoms with E-state index in [0.29, 0.717) is 37.6 Å². The molecule has 10 heteroatoms. The summed E-state index contributed by atoms with van der Waals surface area (Å²) in [6.45, 7) is 2.24. The van der Waals surface area contributed by atoms with Crippen LogP contribution in [0.25, 0.3) is 10.9 Å². The fourth-order valence-electron chi connectivity index (χ4n) is 5.16. The van der Waals surface area contributed by atoms with Gasteiger partial charge in [-0.2, -0.15) is 0 Å². The molecule has 2 aliphatic rings. The van der Waals surface area contributed by atoms with Crippen molar-refractivity contribution < 1.29 is 27.8 Å². The van der Waals surface area contributed by atoms with E-state index in [0.717, 1.165) is 36.4 Å². The number of piperidine rings is 1. The Morgan fingerprint density at radius 1 is 1.24 bits per heavy atom. The molecule has 2 unspecified atom stereocenters. The van der Waals surface area contributed by atoms with Crippen molar-refractivity contribution >= 4 is 26.6 Å².